The van der Waals surface area contributed by atoms with Crippen LogP contribution in [0.3, 0.4) is 0 Å². The molecule has 1 heterocycles. The van der Waals surface area contributed by atoms with Crippen molar-refractivity contribution in [3.05, 3.63) is 28.5 Å². The minimum atomic E-state index is -3.90. The fourth-order valence-corrected chi connectivity index (χ4v) is 5.44. The maximum atomic E-state index is 14.3. The molecule has 1 aliphatic heterocycles. The number of aliphatic hydroxyl groups is 1. The van der Waals surface area contributed by atoms with Gasteiger partial charge in [-0.15, -0.1) is 0 Å². The van der Waals surface area contributed by atoms with Crippen LogP contribution in [0.5, 0.6) is 0 Å². The quantitative estimate of drug-likeness (QED) is 0.924. The molecule has 4 nitrogen and oxygen atoms in total. The lowest BCUT2D eigenvalue weighted by atomic mass is 10.0. The second-order valence-electron chi connectivity index (χ2n) is 5.81. The summed E-state index contributed by atoms with van der Waals surface area (Å²) in [4.78, 5) is -0.431. The molecular weight excluding hydrogens is 317 g/mol. The predicted molar refractivity (Wildman–Crippen MR) is 76.9 cm³/mol. The van der Waals surface area contributed by atoms with Crippen LogP contribution in [0.1, 0.15) is 24.8 Å². The number of aliphatic hydroxyl groups excluding tert-OH is 1. The first-order chi connectivity index (χ1) is 9.93. The average molecular weight is 334 g/mol. The van der Waals surface area contributed by atoms with E-state index in [2.05, 4.69) is 0 Å². The highest BCUT2D eigenvalue weighted by Crippen LogP contribution is 2.40. The van der Waals surface area contributed by atoms with Gasteiger partial charge < -0.3 is 5.11 Å². The molecule has 0 amide bonds. The van der Waals surface area contributed by atoms with E-state index < -0.39 is 27.3 Å². The van der Waals surface area contributed by atoms with Gasteiger partial charge in [0.25, 0.3) is 0 Å². The zero-order valence-electron chi connectivity index (χ0n) is 11.4. The highest BCUT2D eigenvalue weighted by atomic mass is 35.5. The summed E-state index contributed by atoms with van der Waals surface area (Å²) in [5.41, 5.74) is -0.0968. The van der Waals surface area contributed by atoms with Crippen LogP contribution < -0.4 is 0 Å². The first-order valence-corrected chi connectivity index (χ1v) is 8.84. The zero-order valence-corrected chi connectivity index (χ0v) is 13.0. The Labute approximate surface area is 128 Å². The molecular formula is C14H17ClFNO3S. The molecule has 0 spiro atoms. The summed E-state index contributed by atoms with van der Waals surface area (Å²) < 4.78 is 40.9. The third-order valence-corrected chi connectivity index (χ3v) is 6.61. The van der Waals surface area contributed by atoms with E-state index in [-0.39, 0.29) is 10.6 Å². The molecule has 21 heavy (non-hydrogen) atoms. The third-order valence-electron chi connectivity index (χ3n) is 4.56. The Hall–Kier alpha value is -0.690. The first-order valence-electron chi connectivity index (χ1n) is 7.02. The van der Waals surface area contributed by atoms with Crippen LogP contribution >= 0.6 is 11.6 Å². The van der Waals surface area contributed by atoms with Crippen LogP contribution in [0.4, 0.5) is 4.39 Å². The fraction of sp³-hybridized carbons (Fsp3) is 0.571. The Kier molecular flexibility index (Phi) is 3.98. The van der Waals surface area contributed by atoms with Gasteiger partial charge in [-0.1, -0.05) is 18.0 Å². The van der Waals surface area contributed by atoms with Crippen molar-refractivity contribution in [3.63, 3.8) is 0 Å². The molecule has 0 aromatic heterocycles. The highest BCUT2D eigenvalue weighted by Gasteiger charge is 2.42. The SMILES string of the molecule is O=S(=O)(c1cc(Cl)cc(CO)c1F)N1CC2CCCC2C1. The van der Waals surface area contributed by atoms with Gasteiger partial charge in [0.15, 0.2) is 0 Å². The fourth-order valence-electron chi connectivity index (χ4n) is 3.45. The number of hydrogen-bond donors (Lipinski definition) is 1. The van der Waals surface area contributed by atoms with Crippen molar-refractivity contribution in [1.29, 1.82) is 0 Å². The average Bonchev–Trinajstić information content (AvgIpc) is 3.01. The van der Waals surface area contributed by atoms with E-state index in [1.165, 1.54) is 10.4 Å². The second-order valence-corrected chi connectivity index (χ2v) is 8.15. The number of benzene rings is 1. The highest BCUT2D eigenvalue weighted by molar-refractivity contribution is 7.89. The Bertz CT molecular complexity index is 652. The lowest BCUT2D eigenvalue weighted by molar-refractivity contribution is 0.274. The van der Waals surface area contributed by atoms with Gasteiger partial charge in [0.2, 0.25) is 10.0 Å². The van der Waals surface area contributed by atoms with Crippen LogP contribution in [0.15, 0.2) is 17.0 Å². The summed E-state index contributed by atoms with van der Waals surface area (Å²) in [6.45, 7) is 0.320. The van der Waals surface area contributed by atoms with Gasteiger partial charge in [-0.3, -0.25) is 0 Å². The molecule has 116 valence electrons. The van der Waals surface area contributed by atoms with Crippen molar-refractivity contribution in [1.82, 2.24) is 4.31 Å². The lowest BCUT2D eigenvalue weighted by Crippen LogP contribution is -2.30. The standard InChI is InChI=1S/C14H17ClFNO3S/c15-12-4-11(8-18)14(16)13(5-12)21(19,20)17-6-9-2-1-3-10(9)7-17/h4-5,9-10,18H,1-3,6-8H2. The lowest BCUT2D eigenvalue weighted by Gasteiger charge is -2.18. The van der Waals surface area contributed by atoms with Crippen molar-refractivity contribution in [3.8, 4) is 0 Å². The van der Waals surface area contributed by atoms with E-state index in [4.69, 9.17) is 16.7 Å². The van der Waals surface area contributed by atoms with Crippen LogP contribution in [-0.4, -0.2) is 30.9 Å². The van der Waals surface area contributed by atoms with E-state index in [1.807, 2.05) is 0 Å². The van der Waals surface area contributed by atoms with Crippen molar-refractivity contribution >= 4 is 21.6 Å². The summed E-state index contributed by atoms with van der Waals surface area (Å²) in [7, 11) is -3.90. The normalized spacial score (nSPS) is 26.2. The molecule has 2 aliphatic rings. The number of sulfonamides is 1. The molecule has 1 saturated carbocycles. The predicted octanol–water partition coefficient (Wildman–Crippen LogP) is 2.39. The van der Waals surface area contributed by atoms with E-state index in [0.29, 0.717) is 24.9 Å². The number of rotatable bonds is 3. The van der Waals surface area contributed by atoms with Gasteiger partial charge in [-0.2, -0.15) is 4.31 Å². The Morgan fingerprint density at radius 2 is 1.90 bits per heavy atom. The molecule has 1 aromatic carbocycles. The number of fused-ring (bicyclic) bond motifs is 1. The van der Waals surface area contributed by atoms with E-state index in [1.54, 1.807) is 0 Å². The van der Waals surface area contributed by atoms with Crippen LogP contribution in [0, 0.1) is 17.7 Å². The first kappa shape index (κ1) is 15.2. The molecule has 2 unspecified atom stereocenters. The van der Waals surface area contributed by atoms with E-state index in [9.17, 15) is 12.8 Å². The van der Waals surface area contributed by atoms with E-state index >= 15 is 0 Å². The Morgan fingerprint density at radius 1 is 1.29 bits per heavy atom. The summed E-state index contributed by atoms with van der Waals surface area (Å²) in [5, 5.41) is 9.23. The van der Waals surface area contributed by atoms with Crippen molar-refractivity contribution in [2.75, 3.05) is 13.1 Å². The summed E-state index contributed by atoms with van der Waals surface area (Å²) in [6.07, 6.45) is 3.22. The molecule has 3 rings (SSSR count). The van der Waals surface area contributed by atoms with Gasteiger partial charge in [-0.05, 0) is 36.8 Å². The maximum absolute atomic E-state index is 14.3. The van der Waals surface area contributed by atoms with Crippen LogP contribution in [-0.2, 0) is 16.6 Å². The van der Waals surface area contributed by atoms with Crippen molar-refractivity contribution < 1.29 is 17.9 Å². The zero-order chi connectivity index (χ0) is 15.2. The minimum absolute atomic E-state index is 0.0968. The summed E-state index contributed by atoms with van der Waals surface area (Å²) in [6, 6.07) is 2.37. The van der Waals surface area contributed by atoms with Gasteiger partial charge in [0.1, 0.15) is 10.7 Å². The number of nitrogens with zero attached hydrogens (tertiary/aromatic N) is 1. The monoisotopic (exact) mass is 333 g/mol. The summed E-state index contributed by atoms with van der Waals surface area (Å²) >= 11 is 5.85. The molecule has 7 heteroatoms. The van der Waals surface area contributed by atoms with Gasteiger partial charge in [0.05, 0.1) is 6.61 Å². The van der Waals surface area contributed by atoms with Crippen molar-refractivity contribution in [2.24, 2.45) is 11.8 Å². The maximum Gasteiger partial charge on any atom is 0.246 e. The Morgan fingerprint density at radius 3 is 2.48 bits per heavy atom. The smallest absolute Gasteiger partial charge is 0.246 e. The number of halogens is 2. The topological polar surface area (TPSA) is 57.6 Å². The molecule has 2 atom stereocenters. The van der Waals surface area contributed by atoms with Crippen LogP contribution in [0.2, 0.25) is 5.02 Å². The minimum Gasteiger partial charge on any atom is -0.392 e. The molecule has 1 aliphatic carbocycles. The summed E-state index contributed by atoms with van der Waals surface area (Å²) in [5.74, 6) is -0.127. The number of hydrogen-bond acceptors (Lipinski definition) is 3. The third kappa shape index (κ3) is 2.59. The Balaban J connectivity index is 1.97. The van der Waals surface area contributed by atoms with Gasteiger partial charge in [-0.25, -0.2) is 12.8 Å². The van der Waals surface area contributed by atoms with Crippen molar-refractivity contribution in [2.45, 2.75) is 30.8 Å². The molecule has 0 bridgehead atoms. The molecule has 1 saturated heterocycles. The molecule has 1 N–H and O–H groups in total. The molecule has 1 aromatic rings. The molecule has 2 fully saturated rings. The van der Waals surface area contributed by atoms with Gasteiger partial charge in [0, 0.05) is 23.7 Å². The molecule has 0 radical (unpaired) electrons. The van der Waals surface area contributed by atoms with Crippen LogP contribution in [0.25, 0.3) is 0 Å². The van der Waals surface area contributed by atoms with E-state index in [0.717, 1.165) is 25.3 Å². The largest absolute Gasteiger partial charge is 0.392 e. The van der Waals surface area contributed by atoms with Gasteiger partial charge >= 0.3 is 0 Å². The second kappa shape index (κ2) is 5.50.